The zero-order valence-electron chi connectivity index (χ0n) is 22.0. The van der Waals surface area contributed by atoms with Crippen molar-refractivity contribution >= 4 is 11.9 Å². The smallest absolute Gasteiger partial charge is 0.348 e. The van der Waals surface area contributed by atoms with Gasteiger partial charge in [-0.05, 0) is 18.1 Å². The van der Waals surface area contributed by atoms with Crippen molar-refractivity contribution in [2.24, 2.45) is 5.73 Å². The number of quaternary nitrogens is 1. The van der Waals surface area contributed by atoms with E-state index in [2.05, 4.69) is 0 Å². The lowest BCUT2D eigenvalue weighted by molar-refractivity contribution is -0.956. The number of hydrogen-bond acceptors (Lipinski definition) is 7. The maximum atomic E-state index is 14.3. The second kappa shape index (κ2) is 11.1. The van der Waals surface area contributed by atoms with E-state index >= 15 is 0 Å². The van der Waals surface area contributed by atoms with Crippen molar-refractivity contribution in [1.29, 1.82) is 0 Å². The second-order valence-corrected chi connectivity index (χ2v) is 11.0. The molecule has 0 saturated carbocycles. The molecule has 8 heteroatoms. The molecule has 8 nitrogen and oxygen atoms in total. The number of ether oxygens (including phenoxy) is 3. The monoisotopic (exact) mass is 523 g/mol. The Bertz CT molecular complexity index is 1050. The number of rotatable bonds is 9. The number of aliphatic hydroxyl groups is 1. The van der Waals surface area contributed by atoms with E-state index in [1.54, 1.807) is 0 Å². The Kier molecular flexibility index (Phi) is 7.86. The van der Waals surface area contributed by atoms with Crippen LogP contribution in [0.4, 0.5) is 0 Å². The van der Waals surface area contributed by atoms with Gasteiger partial charge in [-0.2, -0.15) is 0 Å². The predicted octanol–water partition coefficient (Wildman–Crippen LogP) is 3.00. The number of esters is 2. The second-order valence-electron chi connectivity index (χ2n) is 11.0. The largest absolute Gasteiger partial charge is 0.459 e. The fourth-order valence-corrected chi connectivity index (χ4v) is 7.07. The summed E-state index contributed by atoms with van der Waals surface area (Å²) < 4.78 is 19.3. The molecule has 3 N–H and O–H groups in total. The van der Waals surface area contributed by atoms with Crippen molar-refractivity contribution in [2.45, 2.75) is 81.6 Å². The van der Waals surface area contributed by atoms with Crippen LogP contribution in [0.1, 0.15) is 56.6 Å². The van der Waals surface area contributed by atoms with E-state index in [1.807, 2.05) is 60.7 Å². The minimum absolute atomic E-state index is 0.194. The fourth-order valence-electron chi connectivity index (χ4n) is 7.07. The minimum atomic E-state index is -1.66. The van der Waals surface area contributed by atoms with E-state index in [0.29, 0.717) is 23.2 Å². The van der Waals surface area contributed by atoms with E-state index in [9.17, 15) is 14.7 Å². The highest BCUT2D eigenvalue weighted by Crippen LogP contribution is 2.47. The molecule has 4 atom stereocenters. The molecule has 2 aromatic carbocycles. The number of nitrogens with zero attached hydrogens (tertiary/aromatic N) is 1. The first-order valence-electron chi connectivity index (χ1n) is 13.8. The van der Waals surface area contributed by atoms with Gasteiger partial charge in [0.15, 0.2) is 0 Å². The van der Waals surface area contributed by atoms with Crippen LogP contribution in [0.3, 0.4) is 0 Å². The van der Waals surface area contributed by atoms with Crippen LogP contribution in [0.2, 0.25) is 0 Å². The molecule has 204 valence electrons. The van der Waals surface area contributed by atoms with E-state index < -0.39 is 36.5 Å². The highest BCUT2D eigenvalue weighted by molar-refractivity contribution is 5.86. The molecule has 5 rings (SSSR count). The van der Waals surface area contributed by atoms with Gasteiger partial charge < -0.3 is 29.5 Å². The van der Waals surface area contributed by atoms with Crippen LogP contribution < -0.4 is 5.73 Å². The number of aliphatic hydroxyl groups excluding tert-OH is 1. The van der Waals surface area contributed by atoms with Gasteiger partial charge in [0, 0.05) is 38.5 Å². The third kappa shape index (κ3) is 4.86. The number of carbonyl (C=O) groups is 2. The van der Waals surface area contributed by atoms with Gasteiger partial charge in [-0.15, -0.1) is 0 Å². The van der Waals surface area contributed by atoms with Crippen molar-refractivity contribution in [3.63, 3.8) is 0 Å². The first-order valence-corrected chi connectivity index (χ1v) is 13.8. The average Bonchev–Trinajstić information content (AvgIpc) is 3.48. The molecule has 38 heavy (non-hydrogen) atoms. The van der Waals surface area contributed by atoms with E-state index in [4.69, 9.17) is 19.9 Å². The van der Waals surface area contributed by atoms with E-state index in [1.165, 1.54) is 50.2 Å². The molecule has 0 aromatic heterocycles. The Balaban J connectivity index is 1.46. The Morgan fingerprint density at radius 1 is 0.974 bits per heavy atom. The lowest BCUT2D eigenvalue weighted by atomic mass is 9.85. The lowest BCUT2D eigenvalue weighted by Gasteiger charge is -2.47. The van der Waals surface area contributed by atoms with Crippen LogP contribution in [0, 0.1) is 0 Å². The summed E-state index contributed by atoms with van der Waals surface area (Å²) in [5.74, 6) is -1.34. The minimum Gasteiger partial charge on any atom is -0.459 e. The fraction of sp³-hybridized carbons (Fsp3) is 0.533. The molecule has 0 radical (unpaired) electrons. The van der Waals surface area contributed by atoms with Gasteiger partial charge in [0.25, 0.3) is 0 Å². The van der Waals surface area contributed by atoms with Crippen molar-refractivity contribution in [3.8, 4) is 0 Å². The maximum absolute atomic E-state index is 14.3. The molecule has 2 bridgehead atoms. The van der Waals surface area contributed by atoms with Crippen molar-refractivity contribution in [1.82, 2.24) is 0 Å². The van der Waals surface area contributed by atoms with Crippen LogP contribution in [0.5, 0.6) is 0 Å². The number of nitrogens with two attached hydrogens (primary N) is 1. The molecule has 0 amide bonds. The zero-order chi connectivity index (χ0) is 26.8. The molecule has 0 aliphatic carbocycles. The van der Waals surface area contributed by atoms with Crippen molar-refractivity contribution in [3.05, 3.63) is 71.8 Å². The number of piperidine rings is 1. The van der Waals surface area contributed by atoms with Crippen LogP contribution in [-0.2, 0) is 29.4 Å². The number of benzene rings is 2. The summed E-state index contributed by atoms with van der Waals surface area (Å²) in [5, 5.41) is 9.26. The average molecular weight is 524 g/mol. The summed E-state index contributed by atoms with van der Waals surface area (Å²) in [5.41, 5.74) is 5.13. The van der Waals surface area contributed by atoms with Crippen LogP contribution >= 0.6 is 0 Å². The summed E-state index contributed by atoms with van der Waals surface area (Å²) in [6.45, 7) is 3.48. The Morgan fingerprint density at radius 3 is 2.00 bits per heavy atom. The summed E-state index contributed by atoms with van der Waals surface area (Å²) in [7, 11) is 0. The van der Waals surface area contributed by atoms with E-state index in [-0.39, 0.29) is 6.10 Å². The number of hydrogen-bond donors (Lipinski definition) is 2. The third-order valence-corrected chi connectivity index (χ3v) is 8.80. The molecule has 3 unspecified atom stereocenters. The Labute approximate surface area is 224 Å². The van der Waals surface area contributed by atoms with Crippen LogP contribution in [0.25, 0.3) is 0 Å². The zero-order valence-corrected chi connectivity index (χ0v) is 22.0. The van der Waals surface area contributed by atoms with Crippen molar-refractivity contribution < 1.29 is 33.4 Å². The molecular weight excluding hydrogens is 484 g/mol. The van der Waals surface area contributed by atoms with Gasteiger partial charge in [-0.25, -0.2) is 4.79 Å². The summed E-state index contributed by atoms with van der Waals surface area (Å²) in [6, 6.07) is 18.2. The highest BCUT2D eigenvalue weighted by Gasteiger charge is 2.57. The van der Waals surface area contributed by atoms with Gasteiger partial charge >= 0.3 is 11.9 Å². The van der Waals surface area contributed by atoms with Crippen LogP contribution in [0.15, 0.2) is 60.7 Å². The topological polar surface area (TPSA) is 108 Å². The SMILES string of the molecule is CC(OC(=O)[C@@H](N)CO)OC(C(=O)OC1CC2CCC(C1)[N+]21CCCC1)(c1ccccc1)c1ccccc1. The predicted molar refractivity (Wildman–Crippen MR) is 141 cm³/mol. The van der Waals surface area contributed by atoms with Gasteiger partial charge in [0.2, 0.25) is 11.9 Å². The van der Waals surface area contributed by atoms with Crippen molar-refractivity contribution in [2.75, 3.05) is 19.7 Å². The quantitative estimate of drug-likeness (QED) is 0.296. The van der Waals surface area contributed by atoms with Gasteiger partial charge in [0.1, 0.15) is 12.1 Å². The highest BCUT2D eigenvalue weighted by atomic mass is 16.7. The first-order chi connectivity index (χ1) is 18.4. The van der Waals surface area contributed by atoms with Gasteiger partial charge in [-0.1, -0.05) is 60.7 Å². The Hall–Kier alpha value is -2.78. The molecule has 3 fully saturated rings. The molecule has 3 aliphatic heterocycles. The Morgan fingerprint density at radius 2 is 1.50 bits per heavy atom. The molecule has 3 heterocycles. The van der Waals surface area contributed by atoms with Gasteiger partial charge in [0.05, 0.1) is 31.8 Å². The maximum Gasteiger partial charge on any atom is 0.348 e. The third-order valence-electron chi connectivity index (χ3n) is 8.80. The van der Waals surface area contributed by atoms with E-state index in [0.717, 1.165) is 12.8 Å². The molecule has 2 aromatic rings. The summed E-state index contributed by atoms with van der Waals surface area (Å²) in [4.78, 5) is 26.7. The molecule has 1 spiro atoms. The molecule has 3 saturated heterocycles. The molecule has 3 aliphatic rings. The standard InChI is InChI=1S/C30H39N2O6/c1-21(36-28(34)27(31)20-33)38-30(22-10-4-2-5-11-22,23-12-6-3-7-13-23)29(35)37-26-18-24-14-15-25(19-26)32(24)16-8-9-17-32/h2-7,10-13,21,24-27,33H,8-9,14-20,31H2,1H3/q+1/t21?,24?,25?,26?,27-/m0/s1. The van der Waals surface area contributed by atoms with Crippen LogP contribution in [-0.4, -0.2) is 71.7 Å². The normalized spacial score (nSPS) is 25.6. The molecular formula is C30H39N2O6+. The summed E-state index contributed by atoms with van der Waals surface area (Å²) >= 11 is 0. The number of carbonyl (C=O) groups excluding carboxylic acids is 2. The first kappa shape index (κ1) is 26.8. The lowest BCUT2D eigenvalue weighted by Crippen LogP contribution is -2.60. The van der Waals surface area contributed by atoms with Gasteiger partial charge in [-0.3, -0.25) is 4.79 Å². The summed E-state index contributed by atoms with van der Waals surface area (Å²) in [6.07, 6.45) is 5.33.